The molecule has 9 nitrogen and oxygen atoms in total. The lowest BCUT2D eigenvalue weighted by molar-refractivity contribution is -0.197. The van der Waals surface area contributed by atoms with Crippen LogP contribution >= 0.6 is 21.6 Å². The van der Waals surface area contributed by atoms with Crippen LogP contribution in [0.25, 0.3) is 0 Å². The van der Waals surface area contributed by atoms with E-state index >= 15 is 0 Å². The Bertz CT molecular complexity index is 754. The molecule has 2 heterocycles. The third kappa shape index (κ3) is 5.43. The normalized spacial score (nSPS) is 16.0. The summed E-state index contributed by atoms with van der Waals surface area (Å²) in [4.78, 5) is 44.0. The Morgan fingerprint density at radius 3 is 2.58 bits per heavy atom. The summed E-state index contributed by atoms with van der Waals surface area (Å²) in [6, 6.07) is 5.38. The Hall–Kier alpha value is -1.63. The van der Waals surface area contributed by atoms with Crippen molar-refractivity contribution in [2.45, 2.75) is 29.5 Å². The van der Waals surface area contributed by atoms with Crippen LogP contribution in [0.15, 0.2) is 29.4 Å². The highest BCUT2D eigenvalue weighted by Crippen LogP contribution is 2.30. The molecule has 26 heavy (non-hydrogen) atoms. The molecule has 142 valence electrons. The van der Waals surface area contributed by atoms with E-state index < -0.39 is 33.2 Å². The molecule has 2 rings (SSSR count). The average molecular weight is 420 g/mol. The van der Waals surface area contributed by atoms with Crippen LogP contribution in [0.4, 0.5) is 0 Å². The molecule has 1 atom stereocenters. The monoisotopic (exact) mass is 420 g/mol. The van der Waals surface area contributed by atoms with E-state index in [1.807, 2.05) is 6.07 Å². The number of nitrogens with zero attached hydrogens (tertiary/aromatic N) is 2. The van der Waals surface area contributed by atoms with Crippen LogP contribution in [0.2, 0.25) is 0 Å². The van der Waals surface area contributed by atoms with Gasteiger partial charge in [-0.15, -0.1) is 5.06 Å². The number of pyridine rings is 1. The molecular weight excluding hydrogens is 404 g/mol. The third-order valence-electron chi connectivity index (χ3n) is 3.28. The molecule has 1 saturated heterocycles. The van der Waals surface area contributed by atoms with Crippen molar-refractivity contribution < 1.29 is 31.8 Å². The molecule has 0 aromatic carbocycles. The second-order valence-electron chi connectivity index (χ2n) is 5.00. The maximum atomic E-state index is 12.2. The number of rotatable bonds is 9. The number of hydrogen-bond donors (Lipinski definition) is 0. The summed E-state index contributed by atoms with van der Waals surface area (Å²) in [6.45, 7) is 0. The maximum Gasteiger partial charge on any atom is 0.353 e. The zero-order valence-corrected chi connectivity index (χ0v) is 16.1. The number of hydrogen-bond acceptors (Lipinski definition) is 10. The van der Waals surface area contributed by atoms with E-state index in [2.05, 4.69) is 9.17 Å². The average Bonchev–Trinajstić information content (AvgIpc) is 2.94. The van der Waals surface area contributed by atoms with Crippen molar-refractivity contribution in [3.05, 3.63) is 24.4 Å². The van der Waals surface area contributed by atoms with E-state index in [-0.39, 0.29) is 25.0 Å². The molecule has 0 spiro atoms. The molecule has 0 N–H and O–H groups in total. The van der Waals surface area contributed by atoms with Crippen molar-refractivity contribution in [1.29, 1.82) is 0 Å². The largest absolute Gasteiger partial charge is 0.353 e. The molecule has 1 aromatic heterocycles. The molecule has 1 aliphatic rings. The highest BCUT2D eigenvalue weighted by molar-refractivity contribution is 8.76. The van der Waals surface area contributed by atoms with E-state index in [0.29, 0.717) is 5.06 Å². The molecule has 2 amide bonds. The minimum atomic E-state index is -4.24. The predicted octanol–water partition coefficient (Wildman–Crippen LogP) is 1.16. The summed E-state index contributed by atoms with van der Waals surface area (Å²) >= 11 is 0. The van der Waals surface area contributed by atoms with Crippen molar-refractivity contribution in [2.75, 3.05) is 12.9 Å². The van der Waals surface area contributed by atoms with Gasteiger partial charge >= 0.3 is 5.97 Å². The van der Waals surface area contributed by atoms with Gasteiger partial charge in [0.15, 0.2) is 5.25 Å². The number of aromatic nitrogens is 1. The number of hydroxylamine groups is 2. The molecule has 0 radical (unpaired) electrons. The van der Waals surface area contributed by atoms with Gasteiger partial charge in [-0.25, -0.2) is 9.78 Å². The number of amides is 2. The molecule has 0 saturated carbocycles. The molecule has 1 aromatic rings. The topological polar surface area (TPSA) is 120 Å². The van der Waals surface area contributed by atoms with E-state index in [9.17, 15) is 22.8 Å². The van der Waals surface area contributed by atoms with Crippen molar-refractivity contribution >= 4 is 49.5 Å². The standard InChI is InChI=1S/C14H16N2O7S3/c1-22-26(20,21)10(7-9-24-25-11-4-2-3-8-15-11)14(19)23-16-12(17)5-6-13(16)18/h2-4,8,10H,5-7,9H2,1H3. The van der Waals surface area contributed by atoms with Crippen molar-refractivity contribution in [2.24, 2.45) is 0 Å². The third-order valence-corrected chi connectivity index (χ3v) is 7.16. The SMILES string of the molecule is COS(=O)(=O)C(CCSSc1ccccn1)C(=O)ON1C(=O)CCC1=O. The quantitative estimate of drug-likeness (QED) is 0.249. The van der Waals surface area contributed by atoms with E-state index in [4.69, 9.17) is 4.84 Å². The minimum absolute atomic E-state index is 0.0790. The van der Waals surface area contributed by atoms with Crippen LogP contribution in [0.1, 0.15) is 19.3 Å². The number of carbonyl (C=O) groups is 3. The van der Waals surface area contributed by atoms with Gasteiger partial charge in [-0.3, -0.25) is 13.8 Å². The predicted molar refractivity (Wildman–Crippen MR) is 94.1 cm³/mol. The molecule has 0 bridgehead atoms. The van der Waals surface area contributed by atoms with E-state index in [0.717, 1.165) is 12.1 Å². The first-order valence-electron chi connectivity index (χ1n) is 7.42. The van der Waals surface area contributed by atoms with Crippen LogP contribution < -0.4 is 0 Å². The molecular formula is C14H16N2O7S3. The van der Waals surface area contributed by atoms with Gasteiger partial charge in [0.25, 0.3) is 21.9 Å². The van der Waals surface area contributed by atoms with Crippen LogP contribution in [0, 0.1) is 0 Å². The first kappa shape index (κ1) is 20.7. The Morgan fingerprint density at radius 2 is 2.00 bits per heavy atom. The number of imide groups is 1. The van der Waals surface area contributed by atoms with Crippen LogP contribution in [0.5, 0.6) is 0 Å². The smallest absolute Gasteiger partial charge is 0.329 e. The Balaban J connectivity index is 1.96. The summed E-state index contributed by atoms with van der Waals surface area (Å²) in [5.41, 5.74) is 0. The van der Waals surface area contributed by atoms with Gasteiger partial charge in [-0.1, -0.05) is 16.9 Å². The Morgan fingerprint density at radius 1 is 1.31 bits per heavy atom. The fourth-order valence-electron chi connectivity index (χ4n) is 1.96. The minimum Gasteiger partial charge on any atom is -0.329 e. The summed E-state index contributed by atoms with van der Waals surface area (Å²) in [5, 5.41) is -0.596. The maximum absolute atomic E-state index is 12.2. The van der Waals surface area contributed by atoms with E-state index in [1.165, 1.54) is 21.6 Å². The van der Waals surface area contributed by atoms with Gasteiger partial charge in [0.05, 0.1) is 7.11 Å². The van der Waals surface area contributed by atoms with Gasteiger partial charge in [0.2, 0.25) is 0 Å². The Labute approximate surface area is 158 Å². The second kappa shape index (κ2) is 9.35. The molecule has 1 aliphatic heterocycles. The van der Waals surface area contributed by atoms with Gasteiger partial charge < -0.3 is 4.84 Å². The molecule has 12 heteroatoms. The summed E-state index contributed by atoms with van der Waals surface area (Å²) in [5.74, 6) is -2.32. The van der Waals surface area contributed by atoms with Crippen LogP contribution in [-0.2, 0) is 33.5 Å². The highest BCUT2D eigenvalue weighted by Gasteiger charge is 2.39. The zero-order valence-electron chi connectivity index (χ0n) is 13.7. The van der Waals surface area contributed by atoms with Gasteiger partial charge in [0, 0.05) is 24.8 Å². The van der Waals surface area contributed by atoms with Gasteiger partial charge in [0.1, 0.15) is 5.03 Å². The molecule has 0 aliphatic carbocycles. The van der Waals surface area contributed by atoms with E-state index in [1.54, 1.807) is 18.3 Å². The lowest BCUT2D eigenvalue weighted by Crippen LogP contribution is -2.40. The lowest BCUT2D eigenvalue weighted by Gasteiger charge is -2.18. The summed E-state index contributed by atoms with van der Waals surface area (Å²) in [6.07, 6.45) is 1.35. The second-order valence-corrected chi connectivity index (χ2v) is 9.33. The van der Waals surface area contributed by atoms with Crippen molar-refractivity contribution in [3.8, 4) is 0 Å². The summed E-state index contributed by atoms with van der Waals surface area (Å²) in [7, 11) is -0.688. The van der Waals surface area contributed by atoms with Crippen molar-refractivity contribution in [3.63, 3.8) is 0 Å². The highest BCUT2D eigenvalue weighted by atomic mass is 33.1. The van der Waals surface area contributed by atoms with Gasteiger partial charge in [-0.2, -0.15) is 8.42 Å². The van der Waals surface area contributed by atoms with Crippen molar-refractivity contribution in [1.82, 2.24) is 10.0 Å². The van der Waals surface area contributed by atoms with Crippen LogP contribution in [-0.4, -0.2) is 54.4 Å². The molecule has 1 fully saturated rings. The Kier molecular flexibility index (Phi) is 7.43. The zero-order chi connectivity index (χ0) is 19.2. The lowest BCUT2D eigenvalue weighted by atomic mass is 10.3. The molecule has 1 unspecified atom stereocenters. The fraction of sp³-hybridized carbons (Fsp3) is 0.429. The summed E-state index contributed by atoms with van der Waals surface area (Å²) < 4.78 is 28.4. The first-order valence-corrected chi connectivity index (χ1v) is 11.2. The fourth-order valence-corrected chi connectivity index (χ4v) is 4.99. The van der Waals surface area contributed by atoms with Gasteiger partial charge in [-0.05, 0) is 29.3 Å². The first-order chi connectivity index (χ1) is 12.3. The van der Waals surface area contributed by atoms with Crippen LogP contribution in [0.3, 0.4) is 0 Å². The number of carbonyl (C=O) groups excluding carboxylic acids is 3.